The number of carbonyl (C=O) groups excluding carboxylic acids is 2. The van der Waals surface area contributed by atoms with Crippen LogP contribution in [0.1, 0.15) is 38.7 Å². The van der Waals surface area contributed by atoms with Crippen LogP contribution in [0.4, 0.5) is 0 Å². The molecule has 27 heavy (non-hydrogen) atoms. The summed E-state index contributed by atoms with van der Waals surface area (Å²) in [6.45, 7) is 6.58. The van der Waals surface area contributed by atoms with E-state index < -0.39 is 0 Å². The van der Waals surface area contributed by atoms with E-state index in [4.69, 9.17) is 4.74 Å². The van der Waals surface area contributed by atoms with E-state index in [9.17, 15) is 9.59 Å². The van der Waals surface area contributed by atoms with Crippen LogP contribution in [-0.2, 0) is 20.7 Å². The number of likely N-dealkylation sites (tertiary alicyclic amines) is 2. The zero-order valence-electron chi connectivity index (χ0n) is 16.8. The van der Waals surface area contributed by atoms with Crippen molar-refractivity contribution < 1.29 is 14.3 Å². The van der Waals surface area contributed by atoms with Gasteiger partial charge in [-0.05, 0) is 37.2 Å². The fraction of sp³-hybridized carbons (Fsp3) is 0.636. The van der Waals surface area contributed by atoms with Gasteiger partial charge in [-0.25, -0.2) is 0 Å². The number of nitrogens with zero attached hydrogens (tertiary/aromatic N) is 2. The molecule has 1 atom stereocenters. The Morgan fingerprint density at radius 2 is 1.89 bits per heavy atom. The van der Waals surface area contributed by atoms with Crippen LogP contribution in [-0.4, -0.2) is 61.0 Å². The first-order chi connectivity index (χ1) is 12.9. The molecule has 5 heteroatoms. The summed E-state index contributed by atoms with van der Waals surface area (Å²) in [4.78, 5) is 29.5. The van der Waals surface area contributed by atoms with Gasteiger partial charge in [0.2, 0.25) is 11.8 Å². The Morgan fingerprint density at radius 1 is 1.22 bits per heavy atom. The highest BCUT2D eigenvalue weighted by Crippen LogP contribution is 2.45. The van der Waals surface area contributed by atoms with Gasteiger partial charge in [-0.3, -0.25) is 9.59 Å². The van der Waals surface area contributed by atoms with Crippen molar-refractivity contribution in [3.05, 3.63) is 35.9 Å². The highest BCUT2D eigenvalue weighted by atomic mass is 16.5. The SMILES string of the molecule is COCC(=O)N1CCC2(CC1)C[C@@H](Cc1ccccc1)N(CC(C)C)C2=O. The van der Waals surface area contributed by atoms with Crippen LogP contribution in [0.25, 0.3) is 0 Å². The smallest absolute Gasteiger partial charge is 0.248 e. The molecule has 2 amide bonds. The van der Waals surface area contributed by atoms with Crippen molar-refractivity contribution in [2.45, 2.75) is 45.6 Å². The second-order valence-electron chi connectivity index (χ2n) is 8.49. The van der Waals surface area contributed by atoms with Crippen LogP contribution in [0.3, 0.4) is 0 Å². The first kappa shape index (κ1) is 19.9. The first-order valence-electron chi connectivity index (χ1n) is 10.1. The van der Waals surface area contributed by atoms with Crippen LogP contribution < -0.4 is 0 Å². The molecule has 3 rings (SSSR count). The van der Waals surface area contributed by atoms with Crippen molar-refractivity contribution in [2.24, 2.45) is 11.3 Å². The lowest BCUT2D eigenvalue weighted by atomic mass is 9.75. The van der Waals surface area contributed by atoms with E-state index in [1.807, 2.05) is 11.0 Å². The molecule has 2 aliphatic heterocycles. The van der Waals surface area contributed by atoms with E-state index in [1.165, 1.54) is 5.56 Å². The van der Waals surface area contributed by atoms with Crippen LogP contribution in [0.2, 0.25) is 0 Å². The summed E-state index contributed by atoms with van der Waals surface area (Å²) in [7, 11) is 1.54. The second-order valence-corrected chi connectivity index (χ2v) is 8.49. The largest absolute Gasteiger partial charge is 0.375 e. The number of carbonyl (C=O) groups is 2. The van der Waals surface area contributed by atoms with Crippen molar-refractivity contribution in [1.82, 2.24) is 9.80 Å². The van der Waals surface area contributed by atoms with E-state index in [-0.39, 0.29) is 24.0 Å². The minimum Gasteiger partial charge on any atom is -0.375 e. The molecule has 2 fully saturated rings. The summed E-state index contributed by atoms with van der Waals surface area (Å²) < 4.78 is 4.97. The monoisotopic (exact) mass is 372 g/mol. The molecular weight excluding hydrogens is 340 g/mol. The third kappa shape index (κ3) is 4.34. The van der Waals surface area contributed by atoms with Gasteiger partial charge in [-0.1, -0.05) is 44.2 Å². The average Bonchev–Trinajstić information content (AvgIpc) is 2.88. The van der Waals surface area contributed by atoms with Crippen LogP contribution in [0, 0.1) is 11.3 Å². The zero-order chi connectivity index (χ0) is 19.4. The zero-order valence-corrected chi connectivity index (χ0v) is 16.8. The van der Waals surface area contributed by atoms with Gasteiger partial charge in [0.05, 0.1) is 5.41 Å². The summed E-state index contributed by atoms with van der Waals surface area (Å²) in [5.74, 6) is 0.777. The van der Waals surface area contributed by atoms with Crippen LogP contribution in [0.15, 0.2) is 30.3 Å². The normalized spacial score (nSPS) is 22.1. The second kappa shape index (κ2) is 8.42. The molecule has 0 N–H and O–H groups in total. The van der Waals surface area contributed by atoms with Gasteiger partial charge < -0.3 is 14.5 Å². The summed E-state index contributed by atoms with van der Waals surface area (Å²) in [6, 6.07) is 10.7. The first-order valence-corrected chi connectivity index (χ1v) is 10.1. The van der Waals surface area contributed by atoms with Crippen molar-refractivity contribution in [2.75, 3.05) is 33.4 Å². The Labute approximate surface area is 162 Å². The Balaban J connectivity index is 1.73. The molecule has 0 saturated carbocycles. The lowest BCUT2D eigenvalue weighted by molar-refractivity contribution is -0.144. The molecule has 0 bridgehead atoms. The van der Waals surface area contributed by atoms with Gasteiger partial charge >= 0.3 is 0 Å². The number of rotatable bonds is 6. The highest BCUT2D eigenvalue weighted by Gasteiger charge is 2.52. The molecule has 2 heterocycles. The standard InChI is InChI=1S/C22H32N2O3/c1-17(2)15-24-19(13-18-7-5-4-6-8-18)14-22(21(24)26)9-11-23(12-10-22)20(25)16-27-3/h4-8,17,19H,9-16H2,1-3H3/t19-/m1/s1. The molecule has 1 aromatic carbocycles. The van der Waals surface area contributed by atoms with Crippen molar-refractivity contribution in [3.63, 3.8) is 0 Å². The number of benzene rings is 1. The predicted octanol–water partition coefficient (Wildman–Crippen LogP) is 2.74. The topological polar surface area (TPSA) is 49.9 Å². The minimum atomic E-state index is -0.293. The van der Waals surface area contributed by atoms with E-state index >= 15 is 0 Å². The minimum absolute atomic E-state index is 0.0256. The van der Waals surface area contributed by atoms with Crippen molar-refractivity contribution in [1.29, 1.82) is 0 Å². The molecule has 2 aliphatic rings. The molecule has 0 unspecified atom stereocenters. The molecule has 148 valence electrons. The molecule has 1 spiro atoms. The van der Waals surface area contributed by atoms with Gasteiger partial charge in [-0.2, -0.15) is 0 Å². The fourth-order valence-electron chi connectivity index (χ4n) is 4.63. The maximum atomic E-state index is 13.4. The van der Waals surface area contributed by atoms with E-state index in [2.05, 4.69) is 43.0 Å². The number of methoxy groups -OCH3 is 1. The molecule has 1 aromatic rings. The van der Waals surface area contributed by atoms with Crippen LogP contribution in [0.5, 0.6) is 0 Å². The third-order valence-electron chi connectivity index (χ3n) is 6.00. The number of ether oxygens (including phenoxy) is 1. The van der Waals surface area contributed by atoms with E-state index in [1.54, 1.807) is 7.11 Å². The van der Waals surface area contributed by atoms with Gasteiger partial charge in [0, 0.05) is 32.8 Å². The van der Waals surface area contributed by atoms with Gasteiger partial charge in [-0.15, -0.1) is 0 Å². The maximum absolute atomic E-state index is 13.4. The fourth-order valence-corrected chi connectivity index (χ4v) is 4.63. The van der Waals surface area contributed by atoms with Crippen molar-refractivity contribution in [3.8, 4) is 0 Å². The Hall–Kier alpha value is -1.88. The summed E-state index contributed by atoms with van der Waals surface area (Å²) >= 11 is 0. The molecule has 0 radical (unpaired) electrons. The quantitative estimate of drug-likeness (QED) is 0.771. The molecule has 5 nitrogen and oxygen atoms in total. The summed E-state index contributed by atoms with van der Waals surface area (Å²) in [5.41, 5.74) is 0.992. The average molecular weight is 373 g/mol. The summed E-state index contributed by atoms with van der Waals surface area (Å²) in [6.07, 6.45) is 3.34. The highest BCUT2D eigenvalue weighted by molar-refractivity contribution is 5.86. The Bertz CT molecular complexity index is 651. The molecule has 2 saturated heterocycles. The van der Waals surface area contributed by atoms with Gasteiger partial charge in [0.1, 0.15) is 6.61 Å². The van der Waals surface area contributed by atoms with Crippen LogP contribution >= 0.6 is 0 Å². The van der Waals surface area contributed by atoms with Gasteiger partial charge in [0.25, 0.3) is 0 Å². The Morgan fingerprint density at radius 3 is 2.48 bits per heavy atom. The summed E-state index contributed by atoms with van der Waals surface area (Å²) in [5, 5.41) is 0. The molecular formula is C22H32N2O3. The maximum Gasteiger partial charge on any atom is 0.248 e. The lowest BCUT2D eigenvalue weighted by Crippen LogP contribution is -2.47. The Kier molecular flexibility index (Phi) is 6.20. The number of hydrogen-bond acceptors (Lipinski definition) is 3. The number of hydrogen-bond donors (Lipinski definition) is 0. The number of piperidine rings is 1. The van der Waals surface area contributed by atoms with E-state index in [0.29, 0.717) is 24.9 Å². The van der Waals surface area contributed by atoms with Gasteiger partial charge in [0.15, 0.2) is 0 Å². The van der Waals surface area contributed by atoms with Crippen molar-refractivity contribution >= 4 is 11.8 Å². The lowest BCUT2D eigenvalue weighted by Gasteiger charge is -2.38. The third-order valence-corrected chi connectivity index (χ3v) is 6.00. The molecule has 0 aromatic heterocycles. The van der Waals surface area contributed by atoms with E-state index in [0.717, 1.165) is 32.2 Å². The number of amides is 2. The predicted molar refractivity (Wildman–Crippen MR) is 105 cm³/mol. The molecule has 0 aliphatic carbocycles.